The highest BCUT2D eigenvalue weighted by Gasteiger charge is 2.48. The fourth-order valence-electron chi connectivity index (χ4n) is 2.87. The zero-order chi connectivity index (χ0) is 19.9. The minimum absolute atomic E-state index is 0.0485. The Morgan fingerprint density at radius 2 is 1.19 bits per heavy atom. The lowest BCUT2D eigenvalue weighted by Gasteiger charge is -2.27. The molecule has 0 bridgehead atoms. The summed E-state index contributed by atoms with van der Waals surface area (Å²) in [4.78, 5) is 50.6. The number of ether oxygens (including phenoxy) is 1. The molecule has 0 unspecified atom stereocenters. The molecule has 0 aliphatic carbocycles. The van der Waals surface area contributed by atoms with Gasteiger partial charge in [0.2, 0.25) is 0 Å². The third-order valence-electron chi connectivity index (χ3n) is 4.46. The number of rotatable bonds is 9. The molecule has 0 saturated carbocycles. The fraction of sp³-hybridized carbons (Fsp3) is 0.273. The Bertz CT molecular complexity index is 771. The van der Waals surface area contributed by atoms with Crippen molar-refractivity contribution >= 4 is 23.3 Å². The Labute approximate surface area is 158 Å². The molecule has 0 radical (unpaired) electrons. The molecular formula is C22H22O5. The molecule has 0 amide bonds. The van der Waals surface area contributed by atoms with Crippen LogP contribution in [0.3, 0.4) is 0 Å². The van der Waals surface area contributed by atoms with Crippen molar-refractivity contribution in [2.75, 3.05) is 6.61 Å². The van der Waals surface area contributed by atoms with Crippen LogP contribution in [0.5, 0.6) is 0 Å². The zero-order valence-corrected chi connectivity index (χ0v) is 15.4. The smallest absolute Gasteiger partial charge is 0.320 e. The van der Waals surface area contributed by atoms with Gasteiger partial charge in [0.25, 0.3) is 0 Å². The van der Waals surface area contributed by atoms with Crippen molar-refractivity contribution < 1.29 is 23.9 Å². The molecule has 0 aromatic heterocycles. The summed E-state index contributed by atoms with van der Waals surface area (Å²) in [6, 6.07) is 16.7. The van der Waals surface area contributed by atoms with E-state index in [9.17, 15) is 19.2 Å². The number of hydrogen-bond donors (Lipinski definition) is 0. The van der Waals surface area contributed by atoms with Crippen LogP contribution in [0.25, 0.3) is 0 Å². The van der Waals surface area contributed by atoms with Crippen molar-refractivity contribution in [1.82, 2.24) is 0 Å². The van der Waals surface area contributed by atoms with Crippen LogP contribution in [-0.2, 0) is 14.3 Å². The number of carbonyl (C=O) groups is 4. The van der Waals surface area contributed by atoms with Gasteiger partial charge in [0.15, 0.2) is 11.6 Å². The zero-order valence-electron chi connectivity index (χ0n) is 15.4. The van der Waals surface area contributed by atoms with Gasteiger partial charge >= 0.3 is 5.97 Å². The predicted molar refractivity (Wildman–Crippen MR) is 101 cm³/mol. The average Bonchev–Trinajstić information content (AvgIpc) is 2.68. The molecule has 2 aromatic rings. The highest BCUT2D eigenvalue weighted by molar-refractivity contribution is 6.13. The van der Waals surface area contributed by atoms with Crippen molar-refractivity contribution in [2.24, 2.45) is 5.41 Å². The van der Waals surface area contributed by atoms with Crippen molar-refractivity contribution in [3.05, 3.63) is 71.8 Å². The van der Waals surface area contributed by atoms with Gasteiger partial charge in [0.1, 0.15) is 11.2 Å². The summed E-state index contributed by atoms with van der Waals surface area (Å²) in [6.07, 6.45) is -0.826. The first-order valence-electron chi connectivity index (χ1n) is 8.75. The second-order valence-corrected chi connectivity index (χ2v) is 6.29. The molecule has 0 atom stereocenters. The number of esters is 1. The molecule has 0 aliphatic heterocycles. The van der Waals surface area contributed by atoms with Gasteiger partial charge in [-0.15, -0.1) is 0 Å². The first-order chi connectivity index (χ1) is 12.9. The lowest BCUT2D eigenvalue weighted by molar-refractivity contribution is -0.159. The maximum Gasteiger partial charge on any atom is 0.320 e. The van der Waals surface area contributed by atoms with Crippen LogP contribution in [0.1, 0.15) is 47.4 Å². The maximum atomic E-state index is 12.7. The normalized spacial score (nSPS) is 10.9. The van der Waals surface area contributed by atoms with Crippen LogP contribution in [0.2, 0.25) is 0 Å². The molecule has 140 valence electrons. The Morgan fingerprint density at radius 1 is 0.778 bits per heavy atom. The Kier molecular flexibility index (Phi) is 6.77. The average molecular weight is 366 g/mol. The Hall–Kier alpha value is -3.08. The highest BCUT2D eigenvalue weighted by Crippen LogP contribution is 2.33. The van der Waals surface area contributed by atoms with E-state index in [2.05, 4.69) is 0 Å². The minimum Gasteiger partial charge on any atom is -0.465 e. The summed E-state index contributed by atoms with van der Waals surface area (Å²) >= 11 is 0. The van der Waals surface area contributed by atoms with E-state index in [1.165, 1.54) is 6.92 Å². The minimum atomic E-state index is -1.84. The molecule has 0 spiro atoms. The van der Waals surface area contributed by atoms with Crippen LogP contribution in [0.15, 0.2) is 60.7 Å². The summed E-state index contributed by atoms with van der Waals surface area (Å²) in [5.74, 6) is -2.18. The summed E-state index contributed by atoms with van der Waals surface area (Å²) < 4.78 is 5.08. The Morgan fingerprint density at radius 3 is 1.52 bits per heavy atom. The lowest BCUT2D eigenvalue weighted by atomic mass is 9.73. The fourth-order valence-corrected chi connectivity index (χ4v) is 2.87. The lowest BCUT2D eigenvalue weighted by Crippen LogP contribution is -2.43. The molecule has 0 aliphatic rings. The largest absolute Gasteiger partial charge is 0.465 e. The topological polar surface area (TPSA) is 77.5 Å². The molecular weight excluding hydrogens is 344 g/mol. The van der Waals surface area contributed by atoms with Gasteiger partial charge in [-0.3, -0.25) is 19.2 Å². The molecule has 2 rings (SSSR count). The summed E-state index contributed by atoms with van der Waals surface area (Å²) in [6.45, 7) is 2.88. The van der Waals surface area contributed by atoms with E-state index in [1.54, 1.807) is 67.6 Å². The number of ketones is 3. The molecule has 2 aromatic carbocycles. The van der Waals surface area contributed by atoms with Gasteiger partial charge in [-0.1, -0.05) is 60.7 Å². The first kappa shape index (κ1) is 20.2. The number of Topliss-reactive ketones (excluding diaryl/α,β-unsaturated/α-hetero) is 3. The molecule has 27 heavy (non-hydrogen) atoms. The molecule has 0 saturated heterocycles. The van der Waals surface area contributed by atoms with Crippen molar-refractivity contribution in [1.29, 1.82) is 0 Å². The predicted octanol–water partition coefficient (Wildman–Crippen LogP) is 3.67. The van der Waals surface area contributed by atoms with Crippen LogP contribution in [0.4, 0.5) is 0 Å². The van der Waals surface area contributed by atoms with Crippen molar-refractivity contribution in [2.45, 2.75) is 26.7 Å². The molecule has 5 nitrogen and oxygen atoms in total. The summed E-state index contributed by atoms with van der Waals surface area (Å²) in [5, 5.41) is 0. The number of hydrogen-bond acceptors (Lipinski definition) is 5. The third kappa shape index (κ3) is 4.76. The van der Waals surface area contributed by atoms with Crippen molar-refractivity contribution in [3.63, 3.8) is 0 Å². The first-order valence-corrected chi connectivity index (χ1v) is 8.75. The van der Waals surface area contributed by atoms with Crippen LogP contribution in [0, 0.1) is 5.41 Å². The second-order valence-electron chi connectivity index (χ2n) is 6.29. The van der Waals surface area contributed by atoms with E-state index in [1.807, 2.05) is 0 Å². The third-order valence-corrected chi connectivity index (χ3v) is 4.46. The standard InChI is InChI=1S/C22H22O5/c1-3-27-21(26)22(16(2)23,14-19(24)17-10-6-4-7-11-17)15-20(25)18-12-8-5-9-13-18/h4-13H,3,14-15H2,1-2H3. The van der Waals surface area contributed by atoms with E-state index in [0.29, 0.717) is 11.1 Å². The van der Waals surface area contributed by atoms with E-state index in [0.717, 1.165) is 0 Å². The van der Waals surface area contributed by atoms with E-state index < -0.39 is 30.0 Å². The second kappa shape index (κ2) is 9.03. The van der Waals surface area contributed by atoms with E-state index >= 15 is 0 Å². The highest BCUT2D eigenvalue weighted by atomic mass is 16.5. The van der Waals surface area contributed by atoms with Crippen LogP contribution >= 0.6 is 0 Å². The van der Waals surface area contributed by atoms with Gasteiger partial charge in [-0.2, -0.15) is 0 Å². The Balaban J connectivity index is 2.40. The maximum absolute atomic E-state index is 12.7. The van der Waals surface area contributed by atoms with Gasteiger partial charge in [-0.25, -0.2) is 0 Å². The molecule has 0 fully saturated rings. The molecule has 0 N–H and O–H groups in total. The van der Waals surface area contributed by atoms with Gasteiger partial charge < -0.3 is 4.74 Å². The van der Waals surface area contributed by atoms with Crippen LogP contribution < -0.4 is 0 Å². The summed E-state index contributed by atoms with van der Waals surface area (Å²) in [5.41, 5.74) is -1.09. The van der Waals surface area contributed by atoms with Crippen molar-refractivity contribution in [3.8, 4) is 0 Å². The van der Waals surface area contributed by atoms with E-state index in [-0.39, 0.29) is 18.2 Å². The quantitative estimate of drug-likeness (QED) is 0.384. The van der Waals surface area contributed by atoms with Crippen LogP contribution in [-0.4, -0.2) is 29.9 Å². The molecule has 0 heterocycles. The molecule has 5 heteroatoms. The van der Waals surface area contributed by atoms with Gasteiger partial charge in [-0.05, 0) is 13.8 Å². The SMILES string of the molecule is CCOC(=O)C(CC(=O)c1ccccc1)(CC(=O)c1ccccc1)C(C)=O. The number of carbonyl (C=O) groups excluding carboxylic acids is 4. The monoisotopic (exact) mass is 366 g/mol. The summed E-state index contributed by atoms with van der Waals surface area (Å²) in [7, 11) is 0. The number of benzene rings is 2. The van der Waals surface area contributed by atoms with E-state index in [4.69, 9.17) is 4.74 Å². The van der Waals surface area contributed by atoms with Gasteiger partial charge in [0.05, 0.1) is 6.61 Å². The van der Waals surface area contributed by atoms with Gasteiger partial charge in [0, 0.05) is 24.0 Å².